The second kappa shape index (κ2) is 4.73. The SMILES string of the molecule is O=C1[N-]c2ccccc2Cc2ccccc21.[Co]. The van der Waals surface area contributed by atoms with Gasteiger partial charge in [0.15, 0.2) is 0 Å². The summed E-state index contributed by atoms with van der Waals surface area (Å²) in [5.41, 5.74) is 3.68. The van der Waals surface area contributed by atoms with Gasteiger partial charge in [-0.2, -0.15) is 0 Å². The summed E-state index contributed by atoms with van der Waals surface area (Å²) < 4.78 is 0. The van der Waals surface area contributed by atoms with Gasteiger partial charge in [-0.1, -0.05) is 54.1 Å². The quantitative estimate of drug-likeness (QED) is 0.719. The van der Waals surface area contributed by atoms with Crippen LogP contribution in [0, 0.1) is 0 Å². The molecule has 1 amide bonds. The molecule has 1 aliphatic heterocycles. The van der Waals surface area contributed by atoms with E-state index >= 15 is 0 Å². The molecule has 0 fully saturated rings. The maximum atomic E-state index is 11.9. The molecule has 0 bridgehead atoms. The predicted octanol–water partition coefficient (Wildman–Crippen LogP) is 3.43. The van der Waals surface area contributed by atoms with Crippen LogP contribution in [0.15, 0.2) is 48.5 Å². The number of hydrogen-bond donors (Lipinski definition) is 0. The Morgan fingerprint density at radius 2 is 1.53 bits per heavy atom. The van der Waals surface area contributed by atoms with Crippen LogP contribution >= 0.6 is 0 Å². The van der Waals surface area contributed by atoms with Crippen molar-refractivity contribution in [3.63, 3.8) is 0 Å². The second-order valence-corrected chi connectivity index (χ2v) is 3.88. The molecule has 2 aromatic carbocycles. The summed E-state index contributed by atoms with van der Waals surface area (Å²) in [5, 5.41) is 4.14. The third-order valence-corrected chi connectivity index (χ3v) is 2.84. The second-order valence-electron chi connectivity index (χ2n) is 3.88. The molecule has 0 aliphatic carbocycles. The molecule has 2 nitrogen and oxygen atoms in total. The zero-order chi connectivity index (χ0) is 11.0. The molecule has 3 rings (SSSR count). The molecular weight excluding hydrogens is 257 g/mol. The number of fused-ring (bicyclic) bond motifs is 2. The van der Waals surface area contributed by atoms with E-state index in [0.29, 0.717) is 0 Å². The van der Waals surface area contributed by atoms with Crippen LogP contribution in [0.3, 0.4) is 0 Å². The van der Waals surface area contributed by atoms with Gasteiger partial charge in [-0.15, -0.1) is 5.69 Å². The first-order valence-corrected chi connectivity index (χ1v) is 5.26. The fourth-order valence-electron chi connectivity index (χ4n) is 2.03. The number of hydrogen-bond acceptors (Lipinski definition) is 1. The average molecular weight is 267 g/mol. The van der Waals surface area contributed by atoms with Crippen LogP contribution in [-0.2, 0) is 23.2 Å². The summed E-state index contributed by atoms with van der Waals surface area (Å²) >= 11 is 0. The molecule has 87 valence electrons. The van der Waals surface area contributed by atoms with Crippen molar-refractivity contribution >= 4 is 11.6 Å². The van der Waals surface area contributed by atoms with Crippen LogP contribution in [0.1, 0.15) is 21.5 Å². The van der Waals surface area contributed by atoms with Gasteiger partial charge in [0.05, 0.1) is 5.91 Å². The summed E-state index contributed by atoms with van der Waals surface area (Å²) in [5.74, 6) is -0.138. The van der Waals surface area contributed by atoms with E-state index < -0.39 is 0 Å². The topological polar surface area (TPSA) is 31.2 Å². The van der Waals surface area contributed by atoms with Crippen molar-refractivity contribution in [2.75, 3.05) is 0 Å². The Balaban J connectivity index is 0.00000108. The molecule has 1 radical (unpaired) electrons. The molecule has 2 aromatic rings. The molecule has 0 atom stereocenters. The Bertz CT molecular complexity index is 566. The van der Waals surface area contributed by atoms with Gasteiger partial charge in [0.2, 0.25) is 0 Å². The van der Waals surface area contributed by atoms with Crippen molar-refractivity contribution in [2.45, 2.75) is 6.42 Å². The summed E-state index contributed by atoms with van der Waals surface area (Å²) in [7, 11) is 0. The Hall–Kier alpha value is -1.58. The van der Waals surface area contributed by atoms with E-state index in [-0.39, 0.29) is 22.7 Å². The molecule has 0 saturated heterocycles. The zero-order valence-electron chi connectivity index (χ0n) is 9.01. The Morgan fingerprint density at radius 1 is 0.882 bits per heavy atom. The average Bonchev–Trinajstić information content (AvgIpc) is 2.45. The van der Waals surface area contributed by atoms with Crippen LogP contribution in [0.2, 0.25) is 0 Å². The van der Waals surface area contributed by atoms with Crippen LogP contribution in [0.4, 0.5) is 5.69 Å². The zero-order valence-corrected chi connectivity index (χ0v) is 10.1. The molecule has 17 heavy (non-hydrogen) atoms. The van der Waals surface area contributed by atoms with E-state index in [9.17, 15) is 4.79 Å². The van der Waals surface area contributed by atoms with Gasteiger partial charge in [0, 0.05) is 22.3 Å². The molecule has 0 spiro atoms. The van der Waals surface area contributed by atoms with Gasteiger partial charge >= 0.3 is 0 Å². The number of amides is 1. The number of rotatable bonds is 0. The summed E-state index contributed by atoms with van der Waals surface area (Å²) in [6, 6.07) is 15.5. The van der Waals surface area contributed by atoms with Gasteiger partial charge in [-0.3, -0.25) is 0 Å². The summed E-state index contributed by atoms with van der Waals surface area (Å²) in [4.78, 5) is 11.9. The fraction of sp³-hybridized carbons (Fsp3) is 0.0714. The Morgan fingerprint density at radius 3 is 2.35 bits per heavy atom. The number of carbonyl (C=O) groups excluding carboxylic acids is 1. The molecule has 0 N–H and O–H groups in total. The van der Waals surface area contributed by atoms with Crippen molar-refractivity contribution in [3.8, 4) is 0 Å². The molecule has 0 saturated carbocycles. The van der Waals surface area contributed by atoms with Crippen molar-refractivity contribution < 1.29 is 21.6 Å². The van der Waals surface area contributed by atoms with E-state index in [4.69, 9.17) is 0 Å². The van der Waals surface area contributed by atoms with Crippen molar-refractivity contribution in [2.24, 2.45) is 0 Å². The van der Waals surface area contributed by atoms with Gasteiger partial charge < -0.3 is 10.1 Å². The van der Waals surface area contributed by atoms with E-state index in [2.05, 4.69) is 5.32 Å². The third-order valence-electron chi connectivity index (χ3n) is 2.84. The smallest absolute Gasteiger partial charge is 0.0856 e. The molecule has 1 aliphatic rings. The maximum Gasteiger partial charge on any atom is 0.0856 e. The summed E-state index contributed by atoms with van der Waals surface area (Å²) in [6.45, 7) is 0. The predicted molar refractivity (Wildman–Crippen MR) is 63.0 cm³/mol. The van der Waals surface area contributed by atoms with Gasteiger partial charge in [-0.25, -0.2) is 0 Å². The van der Waals surface area contributed by atoms with Gasteiger partial charge in [0.1, 0.15) is 0 Å². The molecule has 0 unspecified atom stereocenters. The Labute approximate surface area is 110 Å². The monoisotopic (exact) mass is 267 g/mol. The molecular formula is C14H10CoNO-. The van der Waals surface area contributed by atoms with Crippen LogP contribution in [-0.4, -0.2) is 5.91 Å². The van der Waals surface area contributed by atoms with Crippen LogP contribution in [0.5, 0.6) is 0 Å². The number of para-hydroxylation sites is 1. The standard InChI is InChI=1S/C14H11NO.Co/c16-14-12-7-3-1-5-10(12)9-11-6-2-4-8-13(11)15-14;/h1-8H,9H2,(H,15,16);/p-1. The summed E-state index contributed by atoms with van der Waals surface area (Å²) in [6.07, 6.45) is 0.779. The van der Waals surface area contributed by atoms with Crippen molar-refractivity contribution in [3.05, 3.63) is 70.5 Å². The maximum absolute atomic E-state index is 11.9. The minimum atomic E-state index is -0.138. The molecule has 1 heterocycles. The van der Waals surface area contributed by atoms with Crippen molar-refractivity contribution in [1.82, 2.24) is 0 Å². The normalized spacial score (nSPS) is 12.6. The minimum Gasteiger partial charge on any atom is -0.622 e. The van der Waals surface area contributed by atoms with Gasteiger partial charge in [0.25, 0.3) is 0 Å². The van der Waals surface area contributed by atoms with Crippen LogP contribution in [0.25, 0.3) is 5.32 Å². The molecule has 3 heteroatoms. The fourth-order valence-corrected chi connectivity index (χ4v) is 2.03. The first-order chi connectivity index (χ1) is 7.84. The largest absolute Gasteiger partial charge is 0.622 e. The first kappa shape index (κ1) is 11.9. The first-order valence-electron chi connectivity index (χ1n) is 5.26. The minimum absolute atomic E-state index is 0. The van der Waals surface area contributed by atoms with E-state index in [1.54, 1.807) is 0 Å². The number of carbonyl (C=O) groups is 1. The van der Waals surface area contributed by atoms with Gasteiger partial charge in [-0.05, 0) is 12.0 Å². The van der Waals surface area contributed by atoms with Crippen molar-refractivity contribution in [1.29, 1.82) is 0 Å². The number of nitrogens with zero attached hydrogens (tertiary/aromatic N) is 1. The number of benzene rings is 2. The molecule has 0 aromatic heterocycles. The third kappa shape index (κ3) is 2.12. The van der Waals surface area contributed by atoms with Crippen LogP contribution < -0.4 is 0 Å². The van der Waals surface area contributed by atoms with E-state index in [1.165, 1.54) is 0 Å². The van der Waals surface area contributed by atoms with E-state index in [1.807, 2.05) is 48.5 Å². The van der Waals surface area contributed by atoms with E-state index in [0.717, 1.165) is 28.8 Å². The Kier molecular flexibility index (Phi) is 3.31.